The summed E-state index contributed by atoms with van der Waals surface area (Å²) in [5.74, 6) is 0. The van der Waals surface area contributed by atoms with Crippen molar-refractivity contribution in [1.82, 2.24) is 9.44 Å². The van der Waals surface area contributed by atoms with Crippen molar-refractivity contribution in [3.63, 3.8) is 0 Å². The van der Waals surface area contributed by atoms with Crippen LogP contribution in [0.25, 0.3) is 0 Å². The van der Waals surface area contributed by atoms with Crippen LogP contribution in [0.3, 0.4) is 0 Å². The van der Waals surface area contributed by atoms with Gasteiger partial charge in [-0.2, -0.15) is 23.1 Å². The van der Waals surface area contributed by atoms with E-state index in [1.807, 2.05) is 0 Å². The predicted octanol–water partition coefficient (Wildman–Crippen LogP) is -0.269. The quantitative estimate of drug-likeness (QED) is 0.641. The van der Waals surface area contributed by atoms with Crippen LogP contribution in [0, 0.1) is 11.3 Å². The standard InChI is InChI=1S/C6H13N3O2S/c1-5(2)8-12(10,11)9-6(3)4-7/h5-6,8-9H,1-3H3. The summed E-state index contributed by atoms with van der Waals surface area (Å²) in [6, 6.07) is 0.884. The van der Waals surface area contributed by atoms with E-state index in [4.69, 9.17) is 5.26 Å². The van der Waals surface area contributed by atoms with Gasteiger partial charge in [0.1, 0.15) is 6.04 Å². The molecule has 1 atom stereocenters. The van der Waals surface area contributed by atoms with E-state index in [2.05, 4.69) is 9.44 Å². The molecule has 0 aliphatic rings. The molecule has 0 bridgehead atoms. The Kier molecular flexibility index (Phi) is 4.17. The van der Waals surface area contributed by atoms with Gasteiger partial charge in [-0.3, -0.25) is 0 Å². The molecule has 0 aliphatic carbocycles. The summed E-state index contributed by atoms with van der Waals surface area (Å²) < 4.78 is 26.5. The lowest BCUT2D eigenvalue weighted by Crippen LogP contribution is -2.43. The SMILES string of the molecule is CC(C)NS(=O)(=O)NC(C)C#N. The van der Waals surface area contributed by atoms with Gasteiger partial charge in [-0.1, -0.05) is 0 Å². The van der Waals surface area contributed by atoms with Crippen molar-refractivity contribution in [3.05, 3.63) is 0 Å². The topological polar surface area (TPSA) is 82.0 Å². The maximum atomic E-state index is 11.0. The van der Waals surface area contributed by atoms with E-state index in [1.165, 1.54) is 6.92 Å². The monoisotopic (exact) mass is 191 g/mol. The van der Waals surface area contributed by atoms with Gasteiger partial charge in [0.25, 0.3) is 10.2 Å². The molecule has 5 nitrogen and oxygen atoms in total. The smallest absolute Gasteiger partial charge is 0.200 e. The van der Waals surface area contributed by atoms with E-state index in [-0.39, 0.29) is 6.04 Å². The first-order valence-corrected chi connectivity index (χ1v) is 5.05. The van der Waals surface area contributed by atoms with Crippen LogP contribution >= 0.6 is 0 Å². The van der Waals surface area contributed by atoms with Gasteiger partial charge in [-0.25, -0.2) is 0 Å². The first-order valence-electron chi connectivity index (χ1n) is 3.56. The molecule has 0 aliphatic heterocycles. The molecule has 12 heavy (non-hydrogen) atoms. The number of rotatable bonds is 4. The molecule has 0 saturated heterocycles. The van der Waals surface area contributed by atoms with Gasteiger partial charge < -0.3 is 0 Å². The highest BCUT2D eigenvalue weighted by Crippen LogP contribution is 1.86. The average molecular weight is 191 g/mol. The van der Waals surface area contributed by atoms with Gasteiger partial charge in [0.05, 0.1) is 6.07 Å². The molecule has 0 aromatic rings. The molecule has 0 heterocycles. The van der Waals surface area contributed by atoms with Gasteiger partial charge in [0.2, 0.25) is 0 Å². The largest absolute Gasteiger partial charge is 0.278 e. The van der Waals surface area contributed by atoms with E-state index in [0.29, 0.717) is 0 Å². The second kappa shape index (κ2) is 4.40. The van der Waals surface area contributed by atoms with Crippen LogP contribution in [0.15, 0.2) is 0 Å². The zero-order valence-electron chi connectivity index (χ0n) is 7.33. The Morgan fingerprint density at radius 1 is 1.25 bits per heavy atom. The van der Waals surface area contributed by atoms with Gasteiger partial charge >= 0.3 is 0 Å². The molecule has 0 amide bonds. The molecular weight excluding hydrogens is 178 g/mol. The summed E-state index contributed by atoms with van der Waals surface area (Å²) in [5, 5.41) is 8.33. The van der Waals surface area contributed by atoms with Gasteiger partial charge in [-0.15, -0.1) is 0 Å². The fraction of sp³-hybridized carbons (Fsp3) is 0.833. The Labute approximate surface area is 73.0 Å². The number of nitrogens with one attached hydrogen (secondary N) is 2. The number of hydrogen-bond acceptors (Lipinski definition) is 3. The highest BCUT2D eigenvalue weighted by molar-refractivity contribution is 7.87. The predicted molar refractivity (Wildman–Crippen MR) is 45.4 cm³/mol. The van der Waals surface area contributed by atoms with Crippen LogP contribution < -0.4 is 9.44 Å². The molecule has 70 valence electrons. The van der Waals surface area contributed by atoms with E-state index >= 15 is 0 Å². The third-order valence-corrected chi connectivity index (χ3v) is 2.36. The Morgan fingerprint density at radius 2 is 1.75 bits per heavy atom. The third kappa shape index (κ3) is 5.07. The average Bonchev–Trinajstić information content (AvgIpc) is 1.83. The molecule has 6 heteroatoms. The van der Waals surface area contributed by atoms with Crippen molar-refractivity contribution in [2.24, 2.45) is 0 Å². The fourth-order valence-corrected chi connectivity index (χ4v) is 1.81. The molecule has 0 fully saturated rings. The summed E-state index contributed by atoms with van der Waals surface area (Å²) >= 11 is 0. The molecule has 0 rings (SSSR count). The van der Waals surface area contributed by atoms with Crippen LogP contribution in [0.2, 0.25) is 0 Å². The van der Waals surface area contributed by atoms with Crippen LogP contribution in [0.4, 0.5) is 0 Å². The van der Waals surface area contributed by atoms with Crippen LogP contribution in [-0.2, 0) is 10.2 Å². The van der Waals surface area contributed by atoms with E-state index in [0.717, 1.165) is 0 Å². The highest BCUT2D eigenvalue weighted by Gasteiger charge is 2.13. The number of nitrogens with zero attached hydrogens (tertiary/aromatic N) is 1. The van der Waals surface area contributed by atoms with Crippen molar-refractivity contribution in [2.75, 3.05) is 0 Å². The lowest BCUT2D eigenvalue weighted by molar-refractivity contribution is 0.551. The molecule has 0 saturated carbocycles. The van der Waals surface area contributed by atoms with Gasteiger partial charge in [0.15, 0.2) is 0 Å². The first-order chi connectivity index (χ1) is 5.37. The lowest BCUT2D eigenvalue weighted by atomic mass is 10.4. The van der Waals surface area contributed by atoms with Gasteiger partial charge in [-0.05, 0) is 20.8 Å². The minimum absolute atomic E-state index is 0.173. The summed E-state index contributed by atoms with van der Waals surface area (Å²) in [5.41, 5.74) is 0. The molecule has 1 unspecified atom stereocenters. The summed E-state index contributed by atoms with van der Waals surface area (Å²) in [7, 11) is -3.51. The van der Waals surface area contributed by atoms with E-state index in [1.54, 1.807) is 19.9 Å². The minimum atomic E-state index is -3.51. The lowest BCUT2D eigenvalue weighted by Gasteiger charge is -2.11. The number of hydrogen-bond donors (Lipinski definition) is 2. The van der Waals surface area contributed by atoms with Crippen molar-refractivity contribution in [1.29, 1.82) is 5.26 Å². The molecule has 0 aromatic carbocycles. The highest BCUT2D eigenvalue weighted by atomic mass is 32.2. The summed E-state index contributed by atoms with van der Waals surface area (Å²) in [6.45, 7) is 4.88. The Hall–Kier alpha value is -0.640. The van der Waals surface area contributed by atoms with Crippen molar-refractivity contribution in [3.8, 4) is 6.07 Å². The zero-order valence-corrected chi connectivity index (χ0v) is 8.14. The van der Waals surface area contributed by atoms with Crippen molar-refractivity contribution < 1.29 is 8.42 Å². The maximum Gasteiger partial charge on any atom is 0.278 e. The third-order valence-electron chi connectivity index (χ3n) is 0.916. The normalized spacial score (nSPS) is 14.2. The van der Waals surface area contributed by atoms with Crippen LogP contribution in [0.5, 0.6) is 0 Å². The molecular formula is C6H13N3O2S. The van der Waals surface area contributed by atoms with Crippen molar-refractivity contribution >= 4 is 10.2 Å². The minimum Gasteiger partial charge on any atom is -0.200 e. The Bertz CT molecular complexity index is 265. The van der Waals surface area contributed by atoms with Gasteiger partial charge in [0, 0.05) is 6.04 Å². The molecule has 2 N–H and O–H groups in total. The Balaban J connectivity index is 4.17. The van der Waals surface area contributed by atoms with Crippen LogP contribution in [0.1, 0.15) is 20.8 Å². The maximum absolute atomic E-state index is 11.0. The first kappa shape index (κ1) is 11.4. The second-order valence-electron chi connectivity index (χ2n) is 2.74. The van der Waals surface area contributed by atoms with E-state index < -0.39 is 16.3 Å². The van der Waals surface area contributed by atoms with Crippen molar-refractivity contribution in [2.45, 2.75) is 32.9 Å². The van der Waals surface area contributed by atoms with Crippen LogP contribution in [-0.4, -0.2) is 20.5 Å². The fourth-order valence-electron chi connectivity index (χ4n) is 0.603. The van der Waals surface area contributed by atoms with E-state index in [9.17, 15) is 8.42 Å². The molecule has 0 aromatic heterocycles. The summed E-state index contributed by atoms with van der Waals surface area (Å²) in [4.78, 5) is 0. The summed E-state index contributed by atoms with van der Waals surface area (Å²) in [6.07, 6.45) is 0. The molecule has 0 spiro atoms. The molecule has 0 radical (unpaired) electrons. The second-order valence-corrected chi connectivity index (χ2v) is 4.22. The number of nitriles is 1. The Morgan fingerprint density at radius 3 is 2.08 bits per heavy atom. The zero-order chi connectivity index (χ0) is 9.78.